The highest BCUT2D eigenvalue weighted by Crippen LogP contribution is 2.34. The number of nitroso groups, excluding NO2 is 1. The van der Waals surface area contributed by atoms with Crippen molar-refractivity contribution in [3.05, 3.63) is 105 Å². The second kappa shape index (κ2) is 8.28. The molecule has 1 N–H and O–H groups in total. The minimum absolute atomic E-state index is 0.297. The average molecular weight is 444 g/mol. The third-order valence-corrected chi connectivity index (χ3v) is 5.36. The number of nitrogens with zero attached hydrogens (tertiary/aromatic N) is 4. The van der Waals surface area contributed by atoms with Crippen molar-refractivity contribution in [2.75, 3.05) is 5.32 Å². The second-order valence-electron chi connectivity index (χ2n) is 7.17. The molecule has 0 fully saturated rings. The van der Waals surface area contributed by atoms with Crippen LogP contribution in [0.1, 0.15) is 16.7 Å². The molecular formula is C24H15ClFN5O. The molecule has 0 aliphatic carbocycles. The molecule has 8 heteroatoms. The zero-order chi connectivity index (χ0) is 22.1. The first kappa shape index (κ1) is 20.0. The van der Waals surface area contributed by atoms with Crippen LogP contribution in [0.3, 0.4) is 0 Å². The number of hydrogen-bond donors (Lipinski definition) is 1. The van der Waals surface area contributed by atoms with E-state index in [1.54, 1.807) is 60.8 Å². The summed E-state index contributed by atoms with van der Waals surface area (Å²) in [5, 5.41) is 6.55. The van der Waals surface area contributed by atoms with Gasteiger partial charge >= 0.3 is 0 Å². The van der Waals surface area contributed by atoms with Crippen LogP contribution in [0.2, 0.25) is 5.02 Å². The molecular weight excluding hydrogens is 429 g/mol. The van der Waals surface area contributed by atoms with E-state index in [0.717, 1.165) is 11.1 Å². The van der Waals surface area contributed by atoms with Gasteiger partial charge in [-0.2, -0.15) is 0 Å². The minimum atomic E-state index is -0.357. The number of benzene rings is 3. The Hall–Kier alpha value is -3.97. The lowest BCUT2D eigenvalue weighted by Crippen LogP contribution is -2.07. The highest BCUT2D eigenvalue weighted by Gasteiger charge is 2.23. The Bertz CT molecular complexity index is 1370. The second-order valence-corrected chi connectivity index (χ2v) is 7.60. The predicted octanol–water partition coefficient (Wildman–Crippen LogP) is 6.43. The minimum Gasteiger partial charge on any atom is -0.324 e. The van der Waals surface area contributed by atoms with Gasteiger partial charge in [0.2, 0.25) is 5.95 Å². The van der Waals surface area contributed by atoms with Crippen LogP contribution < -0.4 is 5.32 Å². The van der Waals surface area contributed by atoms with Crippen LogP contribution in [-0.4, -0.2) is 15.7 Å². The summed E-state index contributed by atoms with van der Waals surface area (Å²) >= 11 is 6.29. The van der Waals surface area contributed by atoms with E-state index < -0.39 is 0 Å². The van der Waals surface area contributed by atoms with E-state index in [9.17, 15) is 9.30 Å². The summed E-state index contributed by atoms with van der Waals surface area (Å²) in [7, 11) is 0. The van der Waals surface area contributed by atoms with Crippen LogP contribution in [0.4, 0.5) is 21.7 Å². The molecule has 32 heavy (non-hydrogen) atoms. The standard InChI is InChI=1S/C24H15ClFN5O/c25-15-5-10-18-20(11-15)23(19-3-1-2-4-21(19)26)27-12-14-13-28-24(30-22(14)18)29-16-6-8-17(31-32)9-7-16/h1-11,13H,12H2,(H,28,29,30). The lowest BCUT2D eigenvalue weighted by Gasteiger charge is -2.13. The van der Waals surface area contributed by atoms with E-state index in [1.807, 2.05) is 6.07 Å². The molecule has 156 valence electrons. The SMILES string of the molecule is O=Nc1ccc(Nc2ncc3c(n2)-c2ccc(Cl)cc2C(c2ccccc2F)=NC3)cc1. The van der Waals surface area contributed by atoms with Gasteiger partial charge in [0, 0.05) is 39.2 Å². The number of anilines is 2. The Labute approximate surface area is 187 Å². The van der Waals surface area contributed by atoms with E-state index in [1.165, 1.54) is 6.07 Å². The average Bonchev–Trinajstić information content (AvgIpc) is 2.96. The Kier molecular flexibility index (Phi) is 5.17. The van der Waals surface area contributed by atoms with Crippen molar-refractivity contribution in [3.8, 4) is 11.3 Å². The molecule has 4 aromatic rings. The molecule has 0 unspecified atom stereocenters. The zero-order valence-corrected chi connectivity index (χ0v) is 17.3. The lowest BCUT2D eigenvalue weighted by atomic mass is 9.95. The van der Waals surface area contributed by atoms with Crippen molar-refractivity contribution in [2.45, 2.75) is 6.54 Å². The molecule has 0 saturated heterocycles. The number of aliphatic imine (C=N–C) groups is 1. The Balaban J connectivity index is 1.60. The van der Waals surface area contributed by atoms with Crippen LogP contribution in [0.15, 0.2) is 83.1 Å². The number of fused-ring (bicyclic) bond motifs is 3. The quantitative estimate of drug-likeness (QED) is 0.368. The number of hydrogen-bond acceptors (Lipinski definition) is 6. The maximum absolute atomic E-state index is 14.6. The fourth-order valence-corrected chi connectivity index (χ4v) is 3.77. The summed E-state index contributed by atoms with van der Waals surface area (Å²) in [4.78, 5) is 24.4. The first-order chi connectivity index (χ1) is 15.6. The molecule has 0 spiro atoms. The number of halogens is 2. The van der Waals surface area contributed by atoms with Gasteiger partial charge in [-0.15, -0.1) is 4.91 Å². The summed E-state index contributed by atoms with van der Waals surface area (Å²) in [6.45, 7) is 0.297. The van der Waals surface area contributed by atoms with Gasteiger partial charge in [-0.05, 0) is 53.7 Å². The summed E-state index contributed by atoms with van der Waals surface area (Å²) in [5.74, 6) is 0.0237. The summed E-state index contributed by atoms with van der Waals surface area (Å²) < 4.78 is 14.6. The van der Waals surface area contributed by atoms with Gasteiger partial charge in [0.05, 0.1) is 18.0 Å². The Morgan fingerprint density at radius 3 is 2.56 bits per heavy atom. The molecule has 3 aromatic carbocycles. The number of rotatable bonds is 4. The van der Waals surface area contributed by atoms with Gasteiger partial charge in [-0.3, -0.25) is 4.99 Å². The van der Waals surface area contributed by atoms with Crippen LogP contribution in [-0.2, 0) is 6.54 Å². The highest BCUT2D eigenvalue weighted by atomic mass is 35.5. The maximum atomic E-state index is 14.6. The number of aromatic nitrogens is 2. The van der Waals surface area contributed by atoms with Crippen molar-refractivity contribution in [2.24, 2.45) is 10.2 Å². The molecule has 1 aliphatic rings. The van der Waals surface area contributed by atoms with Gasteiger partial charge in [0.1, 0.15) is 11.5 Å². The molecule has 6 nitrogen and oxygen atoms in total. The van der Waals surface area contributed by atoms with Crippen molar-refractivity contribution in [3.63, 3.8) is 0 Å². The highest BCUT2D eigenvalue weighted by molar-refractivity contribution is 6.31. The van der Waals surface area contributed by atoms with Crippen LogP contribution in [0.25, 0.3) is 11.3 Å². The van der Waals surface area contributed by atoms with Crippen molar-refractivity contribution >= 4 is 34.6 Å². The Morgan fingerprint density at radius 2 is 1.78 bits per heavy atom. The smallest absolute Gasteiger partial charge is 0.227 e. The summed E-state index contributed by atoms with van der Waals surface area (Å²) in [6.07, 6.45) is 1.71. The Morgan fingerprint density at radius 1 is 0.969 bits per heavy atom. The molecule has 1 aromatic heterocycles. The van der Waals surface area contributed by atoms with Gasteiger partial charge in [0.25, 0.3) is 0 Å². The molecule has 5 rings (SSSR count). The topological polar surface area (TPSA) is 79.6 Å². The van der Waals surface area contributed by atoms with Gasteiger partial charge < -0.3 is 5.32 Å². The van der Waals surface area contributed by atoms with E-state index in [0.29, 0.717) is 51.4 Å². The first-order valence-electron chi connectivity index (χ1n) is 9.78. The molecule has 2 heterocycles. The summed E-state index contributed by atoms with van der Waals surface area (Å²) in [6, 6.07) is 18.6. The number of nitrogens with one attached hydrogen (secondary N) is 1. The van der Waals surface area contributed by atoms with Gasteiger partial charge in [-0.25, -0.2) is 14.4 Å². The normalized spacial score (nSPS) is 12.2. The largest absolute Gasteiger partial charge is 0.324 e. The van der Waals surface area contributed by atoms with E-state index >= 15 is 0 Å². The fourth-order valence-electron chi connectivity index (χ4n) is 3.60. The van der Waals surface area contributed by atoms with Crippen LogP contribution in [0, 0.1) is 10.7 Å². The van der Waals surface area contributed by atoms with Gasteiger partial charge in [0.15, 0.2) is 0 Å². The third kappa shape index (κ3) is 3.74. The van der Waals surface area contributed by atoms with Gasteiger partial charge in [-0.1, -0.05) is 29.8 Å². The van der Waals surface area contributed by atoms with Crippen LogP contribution >= 0.6 is 11.6 Å². The molecule has 1 aliphatic heterocycles. The predicted molar refractivity (Wildman–Crippen MR) is 123 cm³/mol. The molecule has 0 bridgehead atoms. The zero-order valence-electron chi connectivity index (χ0n) is 16.6. The molecule has 0 saturated carbocycles. The molecule has 0 atom stereocenters. The first-order valence-corrected chi connectivity index (χ1v) is 10.2. The van der Waals surface area contributed by atoms with E-state index in [-0.39, 0.29) is 5.82 Å². The molecule has 0 amide bonds. The van der Waals surface area contributed by atoms with Crippen molar-refractivity contribution in [1.29, 1.82) is 0 Å². The molecule has 0 radical (unpaired) electrons. The van der Waals surface area contributed by atoms with E-state index in [2.05, 4.69) is 20.5 Å². The van der Waals surface area contributed by atoms with Crippen LogP contribution in [0.5, 0.6) is 0 Å². The monoisotopic (exact) mass is 443 g/mol. The van der Waals surface area contributed by atoms with E-state index in [4.69, 9.17) is 16.6 Å². The maximum Gasteiger partial charge on any atom is 0.227 e. The fraction of sp³-hybridized carbons (Fsp3) is 0.0417. The van der Waals surface area contributed by atoms with Crippen molar-refractivity contribution in [1.82, 2.24) is 9.97 Å². The summed E-state index contributed by atoms with van der Waals surface area (Å²) in [5.41, 5.74) is 4.96. The van der Waals surface area contributed by atoms with Crippen molar-refractivity contribution < 1.29 is 4.39 Å². The third-order valence-electron chi connectivity index (χ3n) is 5.12. The lowest BCUT2D eigenvalue weighted by molar-refractivity contribution is 0.625.